The fraction of sp³-hybridized carbons (Fsp3) is 0.261. The summed E-state index contributed by atoms with van der Waals surface area (Å²) in [6.07, 6.45) is 1.46. The van der Waals surface area contributed by atoms with Crippen molar-refractivity contribution >= 4 is 34.0 Å². The number of nitrogens with one attached hydrogen (secondary N) is 1. The Morgan fingerprint density at radius 1 is 1.22 bits per heavy atom. The smallest absolute Gasteiger partial charge is 0.270 e. The number of likely N-dealkylation sites (tertiary alicyclic amines) is 1. The molecule has 3 aromatic rings. The Morgan fingerprint density at radius 3 is 2.75 bits per heavy atom. The largest absolute Gasteiger partial charge is 0.338 e. The molecule has 1 aliphatic rings. The lowest BCUT2D eigenvalue weighted by atomic mass is 9.96. The molecule has 2 amide bonds. The topological polar surface area (TPSA) is 105 Å². The number of nitrogens with zero attached hydrogens (tertiary/aromatic N) is 3. The average Bonchev–Trinajstić information content (AvgIpc) is 3.28. The fourth-order valence-electron chi connectivity index (χ4n) is 3.70. The van der Waals surface area contributed by atoms with Crippen molar-refractivity contribution in [2.45, 2.75) is 19.8 Å². The van der Waals surface area contributed by atoms with Crippen LogP contribution in [0.1, 0.15) is 28.8 Å². The van der Waals surface area contributed by atoms with Crippen molar-refractivity contribution in [3.63, 3.8) is 0 Å². The summed E-state index contributed by atoms with van der Waals surface area (Å²) in [6.45, 7) is 2.96. The molecule has 8 nitrogen and oxygen atoms in total. The number of amides is 2. The lowest BCUT2D eigenvalue weighted by Gasteiger charge is -2.32. The second kappa shape index (κ2) is 9.27. The summed E-state index contributed by atoms with van der Waals surface area (Å²) in [5, 5.41) is 16.0. The van der Waals surface area contributed by atoms with Gasteiger partial charge in [0.25, 0.3) is 11.6 Å². The van der Waals surface area contributed by atoms with Gasteiger partial charge in [-0.2, -0.15) is 0 Å². The highest BCUT2D eigenvalue weighted by Crippen LogP contribution is 2.28. The van der Waals surface area contributed by atoms with Crippen LogP contribution >= 0.6 is 11.3 Å². The highest BCUT2D eigenvalue weighted by Gasteiger charge is 2.29. The molecule has 1 saturated heterocycles. The Labute approximate surface area is 189 Å². The number of thiazole rings is 1. The molecule has 164 valence electrons. The van der Waals surface area contributed by atoms with Gasteiger partial charge in [0.05, 0.1) is 16.5 Å². The number of non-ortho nitro benzene ring substituents is 1. The highest BCUT2D eigenvalue weighted by molar-refractivity contribution is 7.14. The molecule has 9 heteroatoms. The number of aryl methyl sites for hydroxylation is 1. The number of anilines is 1. The van der Waals surface area contributed by atoms with Crippen molar-refractivity contribution in [3.8, 4) is 11.3 Å². The molecular weight excluding hydrogens is 428 g/mol. The number of benzene rings is 2. The number of rotatable bonds is 5. The van der Waals surface area contributed by atoms with E-state index in [1.807, 2.05) is 31.2 Å². The molecule has 2 aromatic carbocycles. The molecule has 1 N–H and O–H groups in total. The third kappa shape index (κ3) is 4.83. The van der Waals surface area contributed by atoms with E-state index in [4.69, 9.17) is 0 Å². The van der Waals surface area contributed by atoms with Crippen molar-refractivity contribution in [2.75, 3.05) is 18.4 Å². The fourth-order valence-corrected chi connectivity index (χ4v) is 4.43. The zero-order valence-electron chi connectivity index (χ0n) is 17.5. The average molecular weight is 451 g/mol. The van der Waals surface area contributed by atoms with Gasteiger partial charge >= 0.3 is 0 Å². The number of nitro benzene ring substituents is 1. The molecule has 0 bridgehead atoms. The first-order valence-corrected chi connectivity index (χ1v) is 11.2. The molecule has 0 saturated carbocycles. The van der Waals surface area contributed by atoms with Crippen LogP contribution < -0.4 is 5.32 Å². The molecule has 0 aliphatic carbocycles. The van der Waals surface area contributed by atoms with E-state index in [-0.39, 0.29) is 23.4 Å². The predicted molar refractivity (Wildman–Crippen MR) is 123 cm³/mol. The van der Waals surface area contributed by atoms with Gasteiger partial charge in [-0.15, -0.1) is 11.3 Å². The summed E-state index contributed by atoms with van der Waals surface area (Å²) < 4.78 is 0. The number of carbonyl (C=O) groups excluding carboxylic acids is 2. The van der Waals surface area contributed by atoms with E-state index >= 15 is 0 Å². The van der Waals surface area contributed by atoms with Gasteiger partial charge in [-0.05, 0) is 31.9 Å². The first-order valence-electron chi connectivity index (χ1n) is 10.3. The summed E-state index contributed by atoms with van der Waals surface area (Å²) in [4.78, 5) is 42.3. The second-order valence-electron chi connectivity index (χ2n) is 7.79. The molecule has 0 spiro atoms. The minimum atomic E-state index is -0.453. The van der Waals surface area contributed by atoms with E-state index in [1.54, 1.807) is 22.4 Å². The first-order chi connectivity index (χ1) is 15.4. The van der Waals surface area contributed by atoms with Gasteiger partial charge in [0, 0.05) is 41.7 Å². The SMILES string of the molecule is Cc1ccc(C(=O)N2CCCC(C(=O)Nc3nc(-c4cccc([N+](=O)[O-])c4)cs3)C2)cc1. The van der Waals surface area contributed by atoms with Crippen molar-refractivity contribution < 1.29 is 14.5 Å². The maximum atomic E-state index is 12.8. The van der Waals surface area contributed by atoms with E-state index in [2.05, 4.69) is 10.3 Å². The normalized spacial score (nSPS) is 15.9. The molecule has 1 aromatic heterocycles. The molecule has 4 rings (SSSR count). The number of piperidine rings is 1. The molecule has 2 heterocycles. The number of hydrogen-bond donors (Lipinski definition) is 1. The zero-order valence-corrected chi connectivity index (χ0v) is 18.3. The summed E-state index contributed by atoms with van der Waals surface area (Å²) in [5.41, 5.74) is 2.88. The number of nitro groups is 1. The van der Waals surface area contributed by atoms with Crippen LogP contribution in [-0.4, -0.2) is 39.7 Å². The predicted octanol–water partition coefficient (Wildman–Crippen LogP) is 4.52. The minimum Gasteiger partial charge on any atom is -0.338 e. The van der Waals surface area contributed by atoms with Gasteiger partial charge in [0.2, 0.25) is 5.91 Å². The van der Waals surface area contributed by atoms with Gasteiger partial charge in [-0.25, -0.2) is 4.98 Å². The summed E-state index contributed by atoms with van der Waals surface area (Å²) in [7, 11) is 0. The molecule has 1 unspecified atom stereocenters. The van der Waals surface area contributed by atoms with Crippen LogP contribution in [0.4, 0.5) is 10.8 Å². The van der Waals surface area contributed by atoms with Crippen LogP contribution in [0.5, 0.6) is 0 Å². The molecular formula is C23H22N4O4S. The lowest BCUT2D eigenvalue weighted by Crippen LogP contribution is -2.43. The van der Waals surface area contributed by atoms with Crippen molar-refractivity contribution in [1.82, 2.24) is 9.88 Å². The Kier molecular flexibility index (Phi) is 6.27. The van der Waals surface area contributed by atoms with E-state index in [0.717, 1.165) is 12.0 Å². The third-order valence-electron chi connectivity index (χ3n) is 5.46. The summed E-state index contributed by atoms with van der Waals surface area (Å²) in [5.74, 6) is -0.556. The van der Waals surface area contributed by atoms with Gasteiger partial charge in [0.1, 0.15) is 0 Å². The molecule has 32 heavy (non-hydrogen) atoms. The number of hydrogen-bond acceptors (Lipinski definition) is 6. The molecule has 1 atom stereocenters. The second-order valence-corrected chi connectivity index (χ2v) is 8.65. The standard InChI is InChI=1S/C23H22N4O4S/c1-15-7-9-16(10-8-15)22(29)26-11-3-5-18(13-26)21(28)25-23-24-20(14-32-23)17-4-2-6-19(12-17)27(30)31/h2,4,6-10,12,14,18H,3,5,11,13H2,1H3,(H,24,25,28). The van der Waals surface area contributed by atoms with Crippen LogP contribution in [0.3, 0.4) is 0 Å². The van der Waals surface area contributed by atoms with Gasteiger partial charge in [0.15, 0.2) is 5.13 Å². The van der Waals surface area contributed by atoms with Crippen LogP contribution in [-0.2, 0) is 4.79 Å². The Morgan fingerprint density at radius 2 is 2.00 bits per heavy atom. The van der Waals surface area contributed by atoms with E-state index in [0.29, 0.717) is 41.5 Å². The summed E-state index contributed by atoms with van der Waals surface area (Å²) >= 11 is 1.26. The van der Waals surface area contributed by atoms with Gasteiger partial charge < -0.3 is 10.2 Å². The van der Waals surface area contributed by atoms with Gasteiger partial charge in [-0.3, -0.25) is 19.7 Å². The highest BCUT2D eigenvalue weighted by atomic mass is 32.1. The summed E-state index contributed by atoms with van der Waals surface area (Å²) in [6, 6.07) is 13.7. The number of carbonyl (C=O) groups is 2. The Balaban J connectivity index is 1.41. The Bertz CT molecular complexity index is 1160. The third-order valence-corrected chi connectivity index (χ3v) is 6.22. The lowest BCUT2D eigenvalue weighted by molar-refractivity contribution is -0.384. The maximum absolute atomic E-state index is 12.8. The van der Waals surface area contributed by atoms with Crippen LogP contribution in [0.15, 0.2) is 53.9 Å². The quantitative estimate of drug-likeness (QED) is 0.455. The first kappa shape index (κ1) is 21.6. The van der Waals surface area contributed by atoms with Crippen LogP contribution in [0, 0.1) is 23.0 Å². The monoisotopic (exact) mass is 450 g/mol. The van der Waals surface area contributed by atoms with Crippen LogP contribution in [0.25, 0.3) is 11.3 Å². The van der Waals surface area contributed by atoms with Gasteiger partial charge in [-0.1, -0.05) is 29.8 Å². The zero-order chi connectivity index (χ0) is 22.7. The Hall–Kier alpha value is -3.59. The van der Waals surface area contributed by atoms with Crippen LogP contribution in [0.2, 0.25) is 0 Å². The van der Waals surface area contributed by atoms with Crippen molar-refractivity contribution in [1.29, 1.82) is 0 Å². The number of aromatic nitrogens is 1. The van der Waals surface area contributed by atoms with Crippen molar-refractivity contribution in [3.05, 3.63) is 75.2 Å². The van der Waals surface area contributed by atoms with E-state index in [1.165, 1.54) is 23.5 Å². The van der Waals surface area contributed by atoms with Crippen molar-refractivity contribution in [2.24, 2.45) is 5.92 Å². The molecule has 1 aliphatic heterocycles. The molecule has 0 radical (unpaired) electrons. The van der Waals surface area contributed by atoms with E-state index < -0.39 is 4.92 Å². The molecule has 1 fully saturated rings. The maximum Gasteiger partial charge on any atom is 0.270 e. The minimum absolute atomic E-state index is 0.0124. The van der Waals surface area contributed by atoms with E-state index in [9.17, 15) is 19.7 Å².